The van der Waals surface area contributed by atoms with Crippen molar-refractivity contribution < 1.29 is 0 Å². The Kier molecular flexibility index (Phi) is 2.30. The van der Waals surface area contributed by atoms with Gasteiger partial charge < -0.3 is 0 Å². The van der Waals surface area contributed by atoms with Crippen LogP contribution in [0.1, 0.15) is 43.0 Å². The van der Waals surface area contributed by atoms with E-state index in [1.807, 2.05) is 24.4 Å². The van der Waals surface area contributed by atoms with E-state index >= 15 is 0 Å². The molecule has 2 nitrogen and oxygen atoms in total. The van der Waals surface area contributed by atoms with Crippen molar-refractivity contribution in [3.05, 3.63) is 52.3 Å². The average Bonchev–Trinajstić information content (AvgIpc) is 2.83. The second-order valence-corrected chi connectivity index (χ2v) is 5.77. The predicted molar refractivity (Wildman–Crippen MR) is 69.5 cm³/mol. The molecule has 88 valence electrons. The Morgan fingerprint density at radius 1 is 1.29 bits per heavy atom. The van der Waals surface area contributed by atoms with Crippen molar-refractivity contribution in [2.24, 2.45) is 0 Å². The lowest BCUT2D eigenvalue weighted by Gasteiger charge is -2.19. The number of aromatic amines is 1. The van der Waals surface area contributed by atoms with Gasteiger partial charge >= 0.3 is 0 Å². The van der Waals surface area contributed by atoms with Crippen molar-refractivity contribution in [3.8, 4) is 0 Å². The number of H-pyrrole nitrogens is 1. The molecule has 2 aromatic rings. The van der Waals surface area contributed by atoms with Gasteiger partial charge in [0, 0.05) is 27.6 Å². The maximum Gasteiger partial charge on any atom is 0.0528 e. The van der Waals surface area contributed by atoms with Crippen LogP contribution in [0.2, 0.25) is 5.02 Å². The number of hydrogen-bond donors (Lipinski definition) is 1. The first-order valence-electron chi connectivity index (χ1n) is 5.88. The van der Waals surface area contributed by atoms with E-state index in [0.717, 1.165) is 11.4 Å². The number of nitrogens with one attached hydrogen (secondary N) is 1. The molecule has 3 heteroatoms. The Balaban J connectivity index is 2.12. The minimum atomic E-state index is 0.148. The van der Waals surface area contributed by atoms with Gasteiger partial charge in [-0.25, -0.2) is 0 Å². The number of hydrogen-bond acceptors (Lipinski definition) is 1. The van der Waals surface area contributed by atoms with E-state index in [9.17, 15) is 0 Å². The van der Waals surface area contributed by atoms with E-state index < -0.39 is 0 Å². The van der Waals surface area contributed by atoms with E-state index in [2.05, 4.69) is 30.1 Å². The molecule has 1 heterocycles. The number of halogens is 1. The molecular weight excluding hydrogens is 232 g/mol. The Hall–Kier alpha value is -1.28. The summed E-state index contributed by atoms with van der Waals surface area (Å²) in [4.78, 5) is 0. The maximum atomic E-state index is 6.30. The highest BCUT2D eigenvalue weighted by Crippen LogP contribution is 2.48. The average molecular weight is 247 g/mol. The van der Waals surface area contributed by atoms with Crippen molar-refractivity contribution in [2.75, 3.05) is 0 Å². The van der Waals surface area contributed by atoms with Crippen LogP contribution in [-0.4, -0.2) is 10.2 Å². The Labute approximate surface area is 106 Å². The lowest BCUT2D eigenvalue weighted by atomic mass is 9.86. The number of aromatic nitrogens is 2. The predicted octanol–water partition coefficient (Wildman–Crippen LogP) is 3.88. The van der Waals surface area contributed by atoms with Crippen molar-refractivity contribution in [1.29, 1.82) is 0 Å². The van der Waals surface area contributed by atoms with Crippen LogP contribution in [0.15, 0.2) is 30.5 Å². The van der Waals surface area contributed by atoms with Crippen LogP contribution in [-0.2, 0) is 5.41 Å². The molecule has 1 unspecified atom stereocenters. The smallest absolute Gasteiger partial charge is 0.0528 e. The van der Waals surface area contributed by atoms with Crippen LogP contribution in [0.4, 0.5) is 0 Å². The summed E-state index contributed by atoms with van der Waals surface area (Å²) in [5.74, 6) is 0.368. The minimum Gasteiger partial charge on any atom is -0.282 e. The molecule has 1 aliphatic rings. The van der Waals surface area contributed by atoms with Gasteiger partial charge in [-0.2, -0.15) is 5.10 Å². The zero-order valence-electron chi connectivity index (χ0n) is 10.00. The second-order valence-electron chi connectivity index (χ2n) is 5.36. The number of nitrogens with zero attached hydrogens (tertiary/aromatic N) is 1. The topological polar surface area (TPSA) is 28.7 Å². The van der Waals surface area contributed by atoms with E-state index in [0.29, 0.717) is 5.92 Å². The van der Waals surface area contributed by atoms with Crippen molar-refractivity contribution in [2.45, 2.75) is 31.6 Å². The molecular formula is C14H15ClN2. The highest BCUT2D eigenvalue weighted by atomic mass is 35.5. The summed E-state index contributed by atoms with van der Waals surface area (Å²) < 4.78 is 0. The third-order valence-electron chi connectivity index (χ3n) is 3.72. The van der Waals surface area contributed by atoms with Crippen molar-refractivity contribution >= 4 is 11.6 Å². The van der Waals surface area contributed by atoms with Gasteiger partial charge in [0.15, 0.2) is 0 Å². The molecule has 0 saturated heterocycles. The van der Waals surface area contributed by atoms with Gasteiger partial charge in [0.1, 0.15) is 0 Å². The van der Waals surface area contributed by atoms with Crippen molar-refractivity contribution in [1.82, 2.24) is 10.2 Å². The maximum absolute atomic E-state index is 6.30. The fraction of sp³-hybridized carbons (Fsp3) is 0.357. The zero-order chi connectivity index (χ0) is 12.0. The van der Waals surface area contributed by atoms with Gasteiger partial charge in [-0.1, -0.05) is 43.6 Å². The molecule has 3 rings (SSSR count). The standard InChI is InChI=1S/C14H15ClN2/c1-14(2)7-10(11-8-16-17-13(11)14)9-5-3-4-6-12(9)15/h3-6,8,10H,7H2,1-2H3,(H,16,17). The zero-order valence-corrected chi connectivity index (χ0v) is 10.8. The van der Waals surface area contributed by atoms with Crippen LogP contribution in [0.25, 0.3) is 0 Å². The molecule has 0 bridgehead atoms. The largest absolute Gasteiger partial charge is 0.282 e. The van der Waals surface area contributed by atoms with Gasteiger partial charge in [0.05, 0.1) is 6.20 Å². The highest BCUT2D eigenvalue weighted by molar-refractivity contribution is 6.31. The van der Waals surface area contributed by atoms with Gasteiger partial charge in [-0.05, 0) is 18.1 Å². The second kappa shape index (κ2) is 3.61. The Bertz CT molecular complexity index is 557. The fourth-order valence-electron chi connectivity index (χ4n) is 2.86. The molecule has 0 saturated carbocycles. The lowest BCUT2D eigenvalue weighted by Crippen LogP contribution is -2.14. The third-order valence-corrected chi connectivity index (χ3v) is 4.06. The normalized spacial score (nSPS) is 21.5. The number of rotatable bonds is 1. The molecule has 0 aliphatic heterocycles. The van der Waals surface area contributed by atoms with Crippen LogP contribution < -0.4 is 0 Å². The molecule has 0 fully saturated rings. The van der Waals surface area contributed by atoms with Gasteiger partial charge in [-0.15, -0.1) is 0 Å². The third kappa shape index (κ3) is 1.59. The minimum absolute atomic E-state index is 0.148. The van der Waals surface area contributed by atoms with E-state index in [4.69, 9.17) is 11.6 Å². The summed E-state index contributed by atoms with van der Waals surface area (Å²) in [6.45, 7) is 4.50. The molecule has 1 aromatic heterocycles. The molecule has 1 aromatic carbocycles. The van der Waals surface area contributed by atoms with Crippen LogP contribution in [0.3, 0.4) is 0 Å². The monoisotopic (exact) mass is 246 g/mol. The fourth-order valence-corrected chi connectivity index (χ4v) is 3.13. The quantitative estimate of drug-likeness (QED) is 0.813. The summed E-state index contributed by atoms with van der Waals surface area (Å²) in [5.41, 5.74) is 3.91. The molecule has 1 aliphatic carbocycles. The summed E-state index contributed by atoms with van der Waals surface area (Å²) in [7, 11) is 0. The molecule has 17 heavy (non-hydrogen) atoms. The molecule has 1 N–H and O–H groups in total. The lowest BCUT2D eigenvalue weighted by molar-refractivity contribution is 0.483. The van der Waals surface area contributed by atoms with Gasteiger partial charge in [0.2, 0.25) is 0 Å². The first kappa shape index (κ1) is 10.8. The summed E-state index contributed by atoms with van der Waals surface area (Å²) >= 11 is 6.30. The molecule has 0 radical (unpaired) electrons. The van der Waals surface area contributed by atoms with Crippen LogP contribution in [0, 0.1) is 0 Å². The van der Waals surface area contributed by atoms with Crippen molar-refractivity contribution in [3.63, 3.8) is 0 Å². The first-order chi connectivity index (χ1) is 8.09. The van der Waals surface area contributed by atoms with E-state index in [1.54, 1.807) is 0 Å². The van der Waals surface area contributed by atoms with Gasteiger partial charge in [-0.3, -0.25) is 5.10 Å². The summed E-state index contributed by atoms with van der Waals surface area (Å²) in [6.07, 6.45) is 3.03. The summed E-state index contributed by atoms with van der Waals surface area (Å²) in [5, 5.41) is 8.16. The summed E-state index contributed by atoms with van der Waals surface area (Å²) in [6, 6.07) is 8.10. The molecule has 1 atom stereocenters. The van der Waals surface area contributed by atoms with E-state index in [1.165, 1.54) is 16.8 Å². The Morgan fingerprint density at radius 3 is 2.82 bits per heavy atom. The van der Waals surface area contributed by atoms with Gasteiger partial charge in [0.25, 0.3) is 0 Å². The Morgan fingerprint density at radius 2 is 2.06 bits per heavy atom. The number of benzene rings is 1. The number of fused-ring (bicyclic) bond motifs is 1. The molecule has 0 amide bonds. The first-order valence-corrected chi connectivity index (χ1v) is 6.25. The molecule has 0 spiro atoms. The van der Waals surface area contributed by atoms with Crippen LogP contribution >= 0.6 is 11.6 Å². The van der Waals surface area contributed by atoms with E-state index in [-0.39, 0.29) is 5.41 Å². The SMILES string of the molecule is CC1(C)CC(c2ccccc2Cl)c2cn[nH]c21. The van der Waals surface area contributed by atoms with Crippen LogP contribution in [0.5, 0.6) is 0 Å². The highest BCUT2D eigenvalue weighted by Gasteiger charge is 2.39.